The van der Waals surface area contributed by atoms with Crippen molar-refractivity contribution in [2.45, 2.75) is 26.2 Å². The first-order valence-corrected chi connectivity index (χ1v) is 12.4. The van der Waals surface area contributed by atoms with Gasteiger partial charge >= 0.3 is 17.3 Å². The number of halogens is 2. The van der Waals surface area contributed by atoms with Gasteiger partial charge in [0.2, 0.25) is 11.5 Å². The Bertz CT molecular complexity index is 1700. The number of benzene rings is 2. The third-order valence-electron chi connectivity index (χ3n) is 6.37. The van der Waals surface area contributed by atoms with Crippen molar-refractivity contribution in [2.75, 3.05) is 0 Å². The fourth-order valence-electron chi connectivity index (χ4n) is 4.14. The van der Waals surface area contributed by atoms with Crippen molar-refractivity contribution >= 4 is 23.3 Å². The Morgan fingerprint density at radius 3 is 2.54 bits per heavy atom. The van der Waals surface area contributed by atoms with E-state index in [1.165, 1.54) is 10.8 Å². The first-order chi connectivity index (χ1) is 18.8. The van der Waals surface area contributed by atoms with Crippen LogP contribution in [0.2, 0.25) is 5.02 Å². The third-order valence-corrected chi connectivity index (χ3v) is 6.62. The molecule has 0 radical (unpaired) electrons. The van der Waals surface area contributed by atoms with Crippen LogP contribution in [0.15, 0.2) is 81.4 Å². The van der Waals surface area contributed by atoms with Gasteiger partial charge in [0.25, 0.3) is 0 Å². The molecule has 1 saturated carbocycles. The summed E-state index contributed by atoms with van der Waals surface area (Å²) in [5, 5.41) is 9.75. The van der Waals surface area contributed by atoms with Crippen molar-refractivity contribution in [3.63, 3.8) is 0 Å². The molecule has 1 fully saturated rings. The summed E-state index contributed by atoms with van der Waals surface area (Å²) in [5.74, 6) is -1.26. The number of aliphatic carboxylic acids is 1. The smallest absolute Gasteiger partial charge is 0.335 e. The van der Waals surface area contributed by atoms with Crippen molar-refractivity contribution in [3.8, 4) is 11.6 Å². The van der Waals surface area contributed by atoms with E-state index in [4.69, 9.17) is 16.3 Å². The SMILES string of the molecule is O=C(O)C1C[C@H]1Cn1c(=O)[nH]c(=Nc2ccc(Oc3ncccc3CF)cc2)n(Cc2ccc(Cl)cc2)c1=O. The van der Waals surface area contributed by atoms with E-state index >= 15 is 0 Å². The molecule has 0 bridgehead atoms. The lowest BCUT2D eigenvalue weighted by molar-refractivity contribution is -0.138. The summed E-state index contributed by atoms with van der Waals surface area (Å²) in [5.41, 5.74) is 0.191. The molecule has 0 aliphatic heterocycles. The number of ether oxygens (including phenoxy) is 1. The van der Waals surface area contributed by atoms with Gasteiger partial charge < -0.3 is 9.84 Å². The molecule has 10 nitrogen and oxygen atoms in total. The van der Waals surface area contributed by atoms with Crippen LogP contribution in [-0.4, -0.2) is 30.2 Å². The third kappa shape index (κ3) is 5.99. The zero-order valence-electron chi connectivity index (χ0n) is 20.5. The van der Waals surface area contributed by atoms with E-state index in [2.05, 4.69) is 15.0 Å². The van der Waals surface area contributed by atoms with E-state index in [9.17, 15) is 23.9 Å². The summed E-state index contributed by atoms with van der Waals surface area (Å²) >= 11 is 6.00. The van der Waals surface area contributed by atoms with Crippen molar-refractivity contribution in [1.82, 2.24) is 19.1 Å². The number of aromatic nitrogens is 4. The second-order valence-electron chi connectivity index (χ2n) is 9.11. The highest BCUT2D eigenvalue weighted by Gasteiger charge is 2.43. The van der Waals surface area contributed by atoms with Crippen LogP contribution in [0.1, 0.15) is 17.5 Å². The molecule has 2 aromatic heterocycles. The van der Waals surface area contributed by atoms with Crippen LogP contribution in [-0.2, 0) is 24.6 Å². The number of carboxylic acids is 1. The van der Waals surface area contributed by atoms with Crippen LogP contribution in [0, 0.1) is 11.8 Å². The van der Waals surface area contributed by atoms with Crippen LogP contribution in [0.5, 0.6) is 11.6 Å². The average molecular weight is 552 g/mol. The minimum Gasteiger partial charge on any atom is -0.481 e. The van der Waals surface area contributed by atoms with Gasteiger partial charge in [0.15, 0.2) is 0 Å². The van der Waals surface area contributed by atoms with E-state index in [0.29, 0.717) is 28.4 Å². The van der Waals surface area contributed by atoms with Crippen molar-refractivity contribution in [3.05, 3.63) is 110 Å². The van der Waals surface area contributed by atoms with Crippen molar-refractivity contribution < 1.29 is 19.0 Å². The number of carboxylic acid groups (broad SMARTS) is 1. The monoisotopic (exact) mass is 551 g/mol. The number of carbonyl (C=O) groups is 1. The molecule has 2 heterocycles. The molecule has 4 aromatic rings. The Labute approximate surface area is 225 Å². The van der Waals surface area contributed by atoms with Gasteiger partial charge in [0.05, 0.1) is 18.2 Å². The predicted octanol–water partition coefficient (Wildman–Crippen LogP) is 3.65. The van der Waals surface area contributed by atoms with Crippen molar-refractivity contribution in [2.24, 2.45) is 16.8 Å². The molecule has 2 N–H and O–H groups in total. The molecule has 39 heavy (non-hydrogen) atoms. The predicted molar refractivity (Wildman–Crippen MR) is 140 cm³/mol. The van der Waals surface area contributed by atoms with Crippen molar-refractivity contribution in [1.29, 1.82) is 0 Å². The zero-order valence-corrected chi connectivity index (χ0v) is 21.2. The van der Waals surface area contributed by atoms with Crippen LogP contribution >= 0.6 is 11.6 Å². The van der Waals surface area contributed by atoms with E-state index < -0.39 is 29.9 Å². The van der Waals surface area contributed by atoms with Crippen LogP contribution in [0.3, 0.4) is 0 Å². The van der Waals surface area contributed by atoms with Gasteiger partial charge in [-0.25, -0.2) is 28.5 Å². The highest BCUT2D eigenvalue weighted by Crippen LogP contribution is 2.39. The van der Waals surface area contributed by atoms with E-state index in [1.807, 2.05) is 0 Å². The maximum absolute atomic E-state index is 13.4. The van der Waals surface area contributed by atoms with Gasteiger partial charge in [-0.15, -0.1) is 0 Å². The molecule has 1 unspecified atom stereocenters. The Balaban J connectivity index is 1.50. The van der Waals surface area contributed by atoms with E-state index in [1.54, 1.807) is 60.7 Å². The molecular weight excluding hydrogens is 529 g/mol. The van der Waals surface area contributed by atoms with Gasteiger partial charge in [0, 0.05) is 23.3 Å². The molecule has 2 atom stereocenters. The number of nitrogens with one attached hydrogen (secondary N) is 1. The minimum atomic E-state index is -0.943. The Kier molecular flexibility index (Phi) is 7.42. The summed E-state index contributed by atoms with van der Waals surface area (Å²) in [6.45, 7) is -0.640. The summed E-state index contributed by atoms with van der Waals surface area (Å²) < 4.78 is 21.2. The van der Waals surface area contributed by atoms with Gasteiger partial charge in [-0.3, -0.25) is 14.3 Å². The van der Waals surface area contributed by atoms with Crippen LogP contribution < -0.4 is 21.7 Å². The number of pyridine rings is 1. The molecule has 0 amide bonds. The maximum atomic E-state index is 13.4. The first kappa shape index (κ1) is 26.1. The number of hydrogen-bond acceptors (Lipinski definition) is 6. The summed E-state index contributed by atoms with van der Waals surface area (Å²) in [4.78, 5) is 48.8. The summed E-state index contributed by atoms with van der Waals surface area (Å²) in [6.07, 6.45) is 1.91. The van der Waals surface area contributed by atoms with Crippen LogP contribution in [0.25, 0.3) is 0 Å². The Hall–Kier alpha value is -4.51. The van der Waals surface area contributed by atoms with Crippen LogP contribution in [0.4, 0.5) is 10.1 Å². The first-order valence-electron chi connectivity index (χ1n) is 12.1. The molecule has 2 aromatic carbocycles. The molecular formula is C27H23ClFN5O5. The molecule has 0 saturated heterocycles. The molecule has 5 rings (SSSR count). The van der Waals surface area contributed by atoms with Gasteiger partial charge in [-0.2, -0.15) is 0 Å². The standard InChI is InChI=1S/C27H23ClFN5O5/c28-19-5-3-16(4-6-19)14-33-25(32-26(37)34(27(33)38)15-18-12-22(18)24(35)36)31-20-7-9-21(10-8-20)39-23-17(13-29)2-1-11-30-23/h1-11,18,22H,12-15H2,(H,35,36)(H,31,32,37)/t18-,22?/m0/s1. The Morgan fingerprint density at radius 1 is 1.13 bits per heavy atom. The van der Waals surface area contributed by atoms with E-state index in [-0.39, 0.29) is 30.5 Å². The average Bonchev–Trinajstić information content (AvgIpc) is 3.71. The fraction of sp³-hybridized carbons (Fsp3) is 0.222. The highest BCUT2D eigenvalue weighted by atomic mass is 35.5. The molecule has 200 valence electrons. The number of nitrogens with zero attached hydrogens (tertiary/aromatic N) is 4. The van der Waals surface area contributed by atoms with E-state index in [0.717, 1.165) is 10.1 Å². The van der Waals surface area contributed by atoms with Gasteiger partial charge in [0.1, 0.15) is 12.4 Å². The maximum Gasteiger partial charge on any atom is 0.335 e. The quantitative estimate of drug-likeness (QED) is 0.326. The lowest BCUT2D eigenvalue weighted by atomic mass is 10.2. The number of H-pyrrole nitrogens is 1. The lowest BCUT2D eigenvalue weighted by Gasteiger charge is -2.11. The second kappa shape index (κ2) is 11.1. The second-order valence-corrected chi connectivity index (χ2v) is 9.55. The number of hydrogen-bond donors (Lipinski definition) is 2. The molecule has 1 aliphatic carbocycles. The fourth-order valence-corrected chi connectivity index (χ4v) is 4.27. The Morgan fingerprint density at radius 2 is 1.87 bits per heavy atom. The number of rotatable bonds is 9. The normalized spacial score (nSPS) is 16.7. The molecule has 1 aliphatic rings. The van der Waals surface area contributed by atoms with Gasteiger partial charge in [-0.1, -0.05) is 23.7 Å². The number of aromatic amines is 1. The molecule has 0 spiro atoms. The summed E-state index contributed by atoms with van der Waals surface area (Å²) in [7, 11) is 0. The molecule has 12 heteroatoms. The topological polar surface area (TPSA) is 132 Å². The minimum absolute atomic E-state index is 0.00748. The lowest BCUT2D eigenvalue weighted by Crippen LogP contribution is -2.50. The van der Waals surface area contributed by atoms with Gasteiger partial charge in [-0.05, 0) is 66.4 Å². The zero-order chi connectivity index (χ0) is 27.5. The summed E-state index contributed by atoms with van der Waals surface area (Å²) in [6, 6.07) is 16.5. The largest absolute Gasteiger partial charge is 0.481 e. The highest BCUT2D eigenvalue weighted by molar-refractivity contribution is 6.30. The number of alkyl halides is 1.